The number of aromatic nitrogens is 2. The number of hydrogen-bond acceptors (Lipinski definition) is 6. The molecule has 0 saturated heterocycles. The van der Waals surface area contributed by atoms with Crippen molar-refractivity contribution in [3.8, 4) is 11.5 Å². The SMILES string of the molecule is C=CCNS(=O)(=O)c1cccc(-c2nc(CC(C)NC)no2)c1.Cl. The predicted octanol–water partition coefficient (Wildman–Crippen LogP) is 1.77. The normalized spacial score (nSPS) is 12.4. The van der Waals surface area contributed by atoms with E-state index in [4.69, 9.17) is 4.52 Å². The van der Waals surface area contributed by atoms with E-state index in [0.717, 1.165) is 0 Å². The van der Waals surface area contributed by atoms with E-state index in [1.807, 2.05) is 14.0 Å². The van der Waals surface area contributed by atoms with Crippen LogP contribution in [0.4, 0.5) is 0 Å². The first-order chi connectivity index (χ1) is 11.0. The number of hydrogen-bond donors (Lipinski definition) is 2. The van der Waals surface area contributed by atoms with Gasteiger partial charge in [-0.25, -0.2) is 13.1 Å². The molecule has 24 heavy (non-hydrogen) atoms. The third kappa shape index (κ3) is 5.13. The van der Waals surface area contributed by atoms with Crippen molar-refractivity contribution in [1.29, 1.82) is 0 Å². The van der Waals surface area contributed by atoms with Crippen LogP contribution in [0.15, 0.2) is 46.3 Å². The Kier molecular flexibility index (Phi) is 7.56. The summed E-state index contributed by atoms with van der Waals surface area (Å²) in [4.78, 5) is 4.44. The standard InChI is InChI=1S/C15H20N4O3S.ClH/c1-4-8-17-23(20,21)13-7-5-6-12(10-13)15-18-14(19-22-15)9-11(2)16-3;/h4-7,10-11,16-17H,1,8-9H2,2-3H3;1H. The molecule has 0 aliphatic carbocycles. The summed E-state index contributed by atoms with van der Waals surface area (Å²) in [5.41, 5.74) is 0.558. The summed E-state index contributed by atoms with van der Waals surface area (Å²) in [7, 11) is -1.73. The van der Waals surface area contributed by atoms with Gasteiger partial charge in [-0.3, -0.25) is 0 Å². The van der Waals surface area contributed by atoms with E-state index in [1.165, 1.54) is 18.2 Å². The molecule has 1 heterocycles. The summed E-state index contributed by atoms with van der Waals surface area (Å²) in [5, 5.41) is 7.01. The highest BCUT2D eigenvalue weighted by Gasteiger charge is 2.16. The first-order valence-corrected chi connectivity index (χ1v) is 8.65. The predicted molar refractivity (Wildman–Crippen MR) is 94.6 cm³/mol. The molecule has 0 fully saturated rings. The Labute approximate surface area is 148 Å². The largest absolute Gasteiger partial charge is 0.334 e. The number of halogens is 1. The van der Waals surface area contributed by atoms with Gasteiger partial charge in [0.15, 0.2) is 5.82 Å². The quantitative estimate of drug-likeness (QED) is 0.685. The van der Waals surface area contributed by atoms with Gasteiger partial charge >= 0.3 is 0 Å². The fraction of sp³-hybridized carbons (Fsp3) is 0.333. The van der Waals surface area contributed by atoms with Crippen molar-refractivity contribution in [3.05, 3.63) is 42.7 Å². The van der Waals surface area contributed by atoms with Gasteiger partial charge < -0.3 is 9.84 Å². The monoisotopic (exact) mass is 372 g/mol. The summed E-state index contributed by atoms with van der Waals surface area (Å²) >= 11 is 0. The maximum absolute atomic E-state index is 12.1. The Balaban J connectivity index is 0.00000288. The molecular formula is C15H21ClN4O3S. The molecule has 1 atom stereocenters. The number of sulfonamides is 1. The first kappa shape index (κ1) is 20.3. The topological polar surface area (TPSA) is 97.1 Å². The molecule has 1 aromatic heterocycles. The van der Waals surface area contributed by atoms with E-state index in [-0.39, 0.29) is 29.9 Å². The smallest absolute Gasteiger partial charge is 0.257 e. The molecule has 2 N–H and O–H groups in total. The third-order valence-electron chi connectivity index (χ3n) is 3.26. The number of rotatable bonds is 8. The molecule has 1 aromatic carbocycles. The van der Waals surface area contributed by atoms with Crippen LogP contribution in [0.1, 0.15) is 12.7 Å². The lowest BCUT2D eigenvalue weighted by Crippen LogP contribution is -2.24. The van der Waals surface area contributed by atoms with Crippen molar-refractivity contribution in [2.24, 2.45) is 0 Å². The van der Waals surface area contributed by atoms with E-state index in [0.29, 0.717) is 23.7 Å². The summed E-state index contributed by atoms with van der Waals surface area (Å²) in [6.45, 7) is 5.66. The van der Waals surface area contributed by atoms with Crippen molar-refractivity contribution in [1.82, 2.24) is 20.2 Å². The Hall–Kier alpha value is -1.74. The number of likely N-dealkylation sites (N-methyl/N-ethyl adjacent to an activating group) is 1. The summed E-state index contributed by atoms with van der Waals surface area (Å²) in [6.07, 6.45) is 2.10. The first-order valence-electron chi connectivity index (χ1n) is 7.17. The highest BCUT2D eigenvalue weighted by molar-refractivity contribution is 7.89. The van der Waals surface area contributed by atoms with E-state index < -0.39 is 10.0 Å². The molecule has 1 unspecified atom stereocenters. The molecule has 0 spiro atoms. The molecule has 0 aliphatic heterocycles. The Morgan fingerprint density at radius 1 is 1.42 bits per heavy atom. The summed E-state index contributed by atoms with van der Waals surface area (Å²) in [5.74, 6) is 0.865. The molecule has 0 aliphatic rings. The van der Waals surface area contributed by atoms with Gasteiger partial charge in [0, 0.05) is 24.6 Å². The van der Waals surface area contributed by atoms with Crippen LogP contribution in [0.5, 0.6) is 0 Å². The average molecular weight is 373 g/mol. The fourth-order valence-corrected chi connectivity index (χ4v) is 2.92. The van der Waals surface area contributed by atoms with Crippen LogP contribution >= 0.6 is 12.4 Å². The zero-order valence-electron chi connectivity index (χ0n) is 13.5. The van der Waals surface area contributed by atoms with Gasteiger partial charge in [-0.05, 0) is 32.2 Å². The van der Waals surface area contributed by atoms with E-state index in [9.17, 15) is 8.42 Å². The van der Waals surface area contributed by atoms with Gasteiger partial charge in [0.05, 0.1) is 4.90 Å². The van der Waals surface area contributed by atoms with Crippen molar-refractivity contribution >= 4 is 22.4 Å². The van der Waals surface area contributed by atoms with Gasteiger partial charge in [-0.1, -0.05) is 17.3 Å². The Morgan fingerprint density at radius 2 is 2.17 bits per heavy atom. The Morgan fingerprint density at radius 3 is 2.83 bits per heavy atom. The minimum atomic E-state index is -3.59. The lowest BCUT2D eigenvalue weighted by atomic mass is 10.2. The number of benzene rings is 1. The van der Waals surface area contributed by atoms with Crippen LogP contribution in [0.3, 0.4) is 0 Å². The van der Waals surface area contributed by atoms with Gasteiger partial charge in [0.2, 0.25) is 10.0 Å². The lowest BCUT2D eigenvalue weighted by Gasteiger charge is -2.05. The van der Waals surface area contributed by atoms with Gasteiger partial charge in [-0.2, -0.15) is 4.98 Å². The van der Waals surface area contributed by atoms with Crippen LogP contribution in [-0.4, -0.2) is 38.2 Å². The van der Waals surface area contributed by atoms with Crippen molar-refractivity contribution < 1.29 is 12.9 Å². The van der Waals surface area contributed by atoms with Crippen molar-refractivity contribution in [2.45, 2.75) is 24.3 Å². The molecule has 0 saturated carbocycles. The summed E-state index contributed by atoms with van der Waals surface area (Å²) in [6, 6.07) is 6.60. The fourth-order valence-electron chi connectivity index (χ4n) is 1.88. The second-order valence-electron chi connectivity index (χ2n) is 5.08. The zero-order valence-corrected chi connectivity index (χ0v) is 15.2. The molecule has 7 nitrogen and oxygen atoms in total. The minimum absolute atomic E-state index is 0. The molecule has 2 rings (SSSR count). The second-order valence-corrected chi connectivity index (χ2v) is 6.84. The molecule has 0 bridgehead atoms. The van der Waals surface area contributed by atoms with E-state index in [1.54, 1.807) is 12.1 Å². The summed E-state index contributed by atoms with van der Waals surface area (Å²) < 4.78 is 31.9. The van der Waals surface area contributed by atoms with Crippen LogP contribution in [0.25, 0.3) is 11.5 Å². The van der Waals surface area contributed by atoms with Crippen LogP contribution in [0.2, 0.25) is 0 Å². The minimum Gasteiger partial charge on any atom is -0.334 e. The zero-order chi connectivity index (χ0) is 16.9. The molecule has 9 heteroatoms. The van der Waals surface area contributed by atoms with Gasteiger partial charge in [-0.15, -0.1) is 19.0 Å². The highest BCUT2D eigenvalue weighted by atomic mass is 35.5. The highest BCUT2D eigenvalue weighted by Crippen LogP contribution is 2.21. The molecule has 132 valence electrons. The molecular weight excluding hydrogens is 352 g/mol. The van der Waals surface area contributed by atoms with E-state index in [2.05, 4.69) is 26.8 Å². The third-order valence-corrected chi connectivity index (χ3v) is 4.68. The molecule has 0 radical (unpaired) electrons. The van der Waals surface area contributed by atoms with Crippen LogP contribution in [0, 0.1) is 0 Å². The lowest BCUT2D eigenvalue weighted by molar-refractivity contribution is 0.418. The van der Waals surface area contributed by atoms with Crippen molar-refractivity contribution in [2.75, 3.05) is 13.6 Å². The number of nitrogens with zero attached hydrogens (tertiary/aromatic N) is 2. The van der Waals surface area contributed by atoms with Gasteiger partial charge in [0.1, 0.15) is 0 Å². The van der Waals surface area contributed by atoms with E-state index >= 15 is 0 Å². The second kappa shape index (κ2) is 8.93. The number of nitrogens with one attached hydrogen (secondary N) is 2. The molecule has 2 aromatic rings. The average Bonchev–Trinajstić information content (AvgIpc) is 3.01. The van der Waals surface area contributed by atoms with Crippen LogP contribution in [-0.2, 0) is 16.4 Å². The maximum Gasteiger partial charge on any atom is 0.257 e. The van der Waals surface area contributed by atoms with Crippen LogP contribution < -0.4 is 10.0 Å². The van der Waals surface area contributed by atoms with Gasteiger partial charge in [0.25, 0.3) is 5.89 Å². The Bertz CT molecular complexity index is 777. The van der Waals surface area contributed by atoms with Crippen molar-refractivity contribution in [3.63, 3.8) is 0 Å². The molecule has 0 amide bonds. The maximum atomic E-state index is 12.1.